The van der Waals surface area contributed by atoms with Crippen molar-refractivity contribution in [2.45, 2.75) is 187 Å². The molecule has 15 atom stereocenters. The maximum Gasteiger partial charge on any atom is 0.329 e. The van der Waals surface area contributed by atoms with Gasteiger partial charge in [-0.1, -0.05) is 71.1 Å². The van der Waals surface area contributed by atoms with Gasteiger partial charge >= 0.3 is 11.9 Å². The number of hydrogen-bond acceptors (Lipinski definition) is 16. The molecule has 3 aliphatic heterocycles. The van der Waals surface area contributed by atoms with Crippen LogP contribution in [-0.2, 0) is 57.2 Å². The van der Waals surface area contributed by atoms with Gasteiger partial charge in [-0.25, -0.2) is 4.79 Å². The summed E-state index contributed by atoms with van der Waals surface area (Å²) in [6.07, 6.45) is 9.76. The van der Waals surface area contributed by atoms with Gasteiger partial charge in [-0.05, 0) is 114 Å². The minimum atomic E-state index is -2.47. The average Bonchev–Trinajstić information content (AvgIpc) is 3.37. The van der Waals surface area contributed by atoms with Gasteiger partial charge in [-0.15, -0.1) is 0 Å². The van der Waals surface area contributed by atoms with Gasteiger partial charge in [-0.3, -0.25) is 24.0 Å². The minimum Gasteiger partial charge on any atom is -0.460 e. The minimum absolute atomic E-state index is 0.00697. The lowest BCUT2D eigenvalue weighted by molar-refractivity contribution is -0.265. The van der Waals surface area contributed by atoms with Crippen LogP contribution in [0.2, 0.25) is 0 Å². The van der Waals surface area contributed by atoms with E-state index >= 15 is 0 Å². The molecule has 1 saturated carbocycles. The summed E-state index contributed by atoms with van der Waals surface area (Å²) in [7, 11) is 4.43. The Hall–Kier alpha value is -3.94. The first-order chi connectivity index (χ1) is 34.5. The highest BCUT2D eigenvalue weighted by atomic mass is 16.6. The summed E-state index contributed by atoms with van der Waals surface area (Å²) in [5, 5.41) is 43.1. The number of carbonyl (C=O) groups excluding carboxylic acids is 6. The number of amides is 1. The van der Waals surface area contributed by atoms with Crippen LogP contribution < -0.4 is 0 Å². The van der Waals surface area contributed by atoms with Crippen LogP contribution in [0.1, 0.15) is 132 Å². The Morgan fingerprint density at radius 2 is 1.56 bits per heavy atom. The SMILES string of the molecule is CO[C@H]1C[C@H]2CC[C@@H](C)[C@@](O)(O2)C(=O)C(=O)N2CCCC[C@H]2C(=O)O[C@H]([C@H](C)C[C@@H]2CC[C@H](OC(=O)C(C)(CO)CO)[C@H](OC)C2)CC(=O)[C@H](C)/C=C(/C)[C@@H](O)[C@@H](OC)C(=O)[C@H](C)C[C@H](C)/C=C/C=C/C=C/1C. The second kappa shape index (κ2) is 28.3. The number of nitrogens with zero attached hydrogens (tertiary/aromatic N) is 1. The van der Waals surface area contributed by atoms with Crippen molar-refractivity contribution in [3.63, 3.8) is 0 Å². The van der Waals surface area contributed by atoms with E-state index in [2.05, 4.69) is 0 Å². The van der Waals surface area contributed by atoms with Gasteiger partial charge in [0.1, 0.15) is 41.7 Å². The number of aliphatic hydroxyl groups is 4. The molecule has 412 valence electrons. The smallest absolute Gasteiger partial charge is 0.329 e. The fourth-order valence-electron chi connectivity index (χ4n) is 10.7. The summed E-state index contributed by atoms with van der Waals surface area (Å²) >= 11 is 0. The van der Waals surface area contributed by atoms with Gasteiger partial charge in [0.15, 0.2) is 5.78 Å². The van der Waals surface area contributed by atoms with E-state index in [1.54, 1.807) is 40.9 Å². The molecule has 0 aromatic carbocycles. The summed E-state index contributed by atoms with van der Waals surface area (Å²) in [4.78, 5) is 85.4. The van der Waals surface area contributed by atoms with Crippen molar-refractivity contribution in [2.75, 3.05) is 41.1 Å². The third kappa shape index (κ3) is 16.0. The lowest BCUT2D eigenvalue weighted by atomic mass is 9.78. The molecule has 2 saturated heterocycles. The number of carbonyl (C=O) groups is 6. The molecule has 4 rings (SSSR count). The molecule has 4 N–H and O–H groups in total. The Bertz CT molecular complexity index is 2010. The molecular weight excluding hydrogens is 943 g/mol. The van der Waals surface area contributed by atoms with E-state index in [0.29, 0.717) is 69.8 Å². The summed E-state index contributed by atoms with van der Waals surface area (Å²) in [6.45, 7) is 12.7. The number of cyclic esters (lactones) is 1. The van der Waals surface area contributed by atoms with Crippen molar-refractivity contribution >= 4 is 35.2 Å². The number of aliphatic hydroxyl groups excluding tert-OH is 3. The summed E-state index contributed by atoms with van der Waals surface area (Å²) < 4.78 is 35.4. The first-order valence-electron chi connectivity index (χ1n) is 26.4. The monoisotopic (exact) mass is 1030 g/mol. The van der Waals surface area contributed by atoms with E-state index in [1.807, 2.05) is 51.2 Å². The molecule has 0 unspecified atom stereocenters. The molecule has 17 heteroatoms. The second-order valence-corrected chi connectivity index (χ2v) is 21.8. The van der Waals surface area contributed by atoms with Crippen molar-refractivity contribution in [2.24, 2.45) is 40.9 Å². The number of Topliss-reactive ketones (excluding diaryl/α,β-unsaturated/α-hetero) is 3. The number of methoxy groups -OCH3 is 3. The van der Waals surface area contributed by atoms with Crippen molar-refractivity contribution in [3.05, 3.63) is 47.6 Å². The summed E-state index contributed by atoms with van der Waals surface area (Å²) in [6, 6.07) is -1.20. The second-order valence-electron chi connectivity index (χ2n) is 21.8. The van der Waals surface area contributed by atoms with Gasteiger partial charge in [0.2, 0.25) is 5.79 Å². The van der Waals surface area contributed by atoms with E-state index in [0.717, 1.165) is 10.5 Å². The van der Waals surface area contributed by atoms with Gasteiger partial charge in [0.25, 0.3) is 11.7 Å². The molecular formula is C56H87NO16. The van der Waals surface area contributed by atoms with Crippen LogP contribution in [0.4, 0.5) is 0 Å². The molecule has 17 nitrogen and oxygen atoms in total. The Kier molecular flexibility index (Phi) is 23.9. The molecule has 3 heterocycles. The van der Waals surface area contributed by atoms with Crippen LogP contribution in [-0.4, -0.2) is 156 Å². The predicted octanol–water partition coefficient (Wildman–Crippen LogP) is 5.72. The van der Waals surface area contributed by atoms with E-state index in [9.17, 15) is 49.2 Å². The fourth-order valence-corrected chi connectivity index (χ4v) is 10.7. The van der Waals surface area contributed by atoms with Crippen LogP contribution in [0.15, 0.2) is 47.6 Å². The highest BCUT2D eigenvalue weighted by molar-refractivity contribution is 6.39. The van der Waals surface area contributed by atoms with Crippen LogP contribution in [0.3, 0.4) is 0 Å². The van der Waals surface area contributed by atoms with Gasteiger partial charge < -0.3 is 53.7 Å². The maximum atomic E-state index is 14.5. The highest BCUT2D eigenvalue weighted by Gasteiger charge is 2.53. The molecule has 0 aromatic rings. The predicted molar refractivity (Wildman–Crippen MR) is 271 cm³/mol. The lowest BCUT2D eigenvalue weighted by Gasteiger charge is -2.42. The fraction of sp³-hybridized carbons (Fsp3) is 0.750. The van der Waals surface area contributed by atoms with Crippen molar-refractivity contribution < 1.29 is 77.6 Å². The van der Waals surface area contributed by atoms with Crippen LogP contribution in [0.5, 0.6) is 0 Å². The largest absolute Gasteiger partial charge is 0.460 e. The average molecular weight is 1030 g/mol. The maximum absolute atomic E-state index is 14.5. The quantitative estimate of drug-likeness (QED) is 0.116. The topological polar surface area (TPSA) is 242 Å². The summed E-state index contributed by atoms with van der Waals surface area (Å²) in [5.41, 5.74) is -0.277. The number of ether oxygens (including phenoxy) is 6. The zero-order chi connectivity index (χ0) is 54.4. The number of rotatable bonds is 10. The van der Waals surface area contributed by atoms with Crippen LogP contribution >= 0.6 is 0 Å². The molecule has 0 aromatic heterocycles. The van der Waals surface area contributed by atoms with E-state index in [1.165, 1.54) is 21.1 Å². The number of esters is 2. The Labute approximate surface area is 433 Å². The van der Waals surface area contributed by atoms with E-state index in [4.69, 9.17) is 28.4 Å². The Morgan fingerprint density at radius 3 is 2.21 bits per heavy atom. The van der Waals surface area contributed by atoms with Gasteiger partial charge in [0.05, 0.1) is 31.5 Å². The van der Waals surface area contributed by atoms with Crippen molar-refractivity contribution in [1.82, 2.24) is 4.90 Å². The standard InChI is InChI=1S/C56H87NO16/c1-33-17-13-12-14-18-34(2)45(68-9)29-41-22-20-39(7)56(67,73-41)51(63)52(64)57-24-16-15-19-42(57)53(65)71-46(30-43(60)35(3)26-38(6)49(62)50(70-11)48(61)37(5)25-33)36(4)27-40-21-23-44(47(28-40)69-10)72-54(66)55(8,31-58)32-59/h12-14,17-18,26,33,35-37,39-42,44-47,49-50,58-59,62,67H,15-16,19-25,27-32H2,1-11H3/b14-12+,17-13+,34-18+,38-26-/t33-,35-,36-,37-,39-,40+,41-,42+,44+,45+,46+,47-,49-,50+,56-/m1/s1. The molecule has 3 fully saturated rings. The number of hydrogen-bond donors (Lipinski definition) is 4. The zero-order valence-electron chi connectivity index (χ0n) is 45.3. The van der Waals surface area contributed by atoms with Crippen molar-refractivity contribution in [3.8, 4) is 0 Å². The third-order valence-corrected chi connectivity index (χ3v) is 15.9. The van der Waals surface area contributed by atoms with E-state index in [-0.39, 0.29) is 42.8 Å². The zero-order valence-corrected chi connectivity index (χ0v) is 45.3. The first kappa shape index (κ1) is 61.6. The van der Waals surface area contributed by atoms with Crippen LogP contribution in [0.25, 0.3) is 0 Å². The highest BCUT2D eigenvalue weighted by Crippen LogP contribution is 2.38. The number of ketones is 3. The summed E-state index contributed by atoms with van der Waals surface area (Å²) in [5.74, 6) is -9.36. The molecule has 4 aliphatic rings. The molecule has 1 aliphatic carbocycles. The third-order valence-electron chi connectivity index (χ3n) is 15.9. The molecule has 2 bridgehead atoms. The first-order valence-corrected chi connectivity index (χ1v) is 26.4. The normalized spacial score (nSPS) is 37.4. The Morgan fingerprint density at radius 1 is 0.863 bits per heavy atom. The number of fused-ring (bicyclic) bond motifs is 3. The molecule has 0 radical (unpaired) electrons. The number of allylic oxidation sites excluding steroid dienone is 6. The molecule has 0 spiro atoms. The van der Waals surface area contributed by atoms with Gasteiger partial charge in [-0.2, -0.15) is 0 Å². The van der Waals surface area contributed by atoms with Crippen LogP contribution in [0, 0.1) is 40.9 Å². The Balaban J connectivity index is 1.69. The van der Waals surface area contributed by atoms with E-state index < -0.39 is 120 Å². The van der Waals surface area contributed by atoms with Crippen molar-refractivity contribution in [1.29, 1.82) is 0 Å². The lowest BCUT2D eigenvalue weighted by Crippen LogP contribution is -2.61. The van der Waals surface area contributed by atoms with Gasteiger partial charge in [0, 0.05) is 58.5 Å². The molecule has 73 heavy (non-hydrogen) atoms. The molecule has 1 amide bonds. The number of piperidine rings is 1.